The van der Waals surface area contributed by atoms with Gasteiger partial charge in [0.25, 0.3) is 5.69 Å². The molecule has 0 saturated heterocycles. The fourth-order valence-corrected chi connectivity index (χ4v) is 4.52. The lowest BCUT2D eigenvalue weighted by Gasteiger charge is -2.22. The van der Waals surface area contributed by atoms with Gasteiger partial charge in [0, 0.05) is 28.8 Å². The number of thiazole rings is 1. The van der Waals surface area contributed by atoms with Gasteiger partial charge in [-0.25, -0.2) is 9.98 Å². The van der Waals surface area contributed by atoms with E-state index in [0.29, 0.717) is 22.2 Å². The minimum Gasteiger partial charge on any atom is -0.258 e. The van der Waals surface area contributed by atoms with Gasteiger partial charge in [0.05, 0.1) is 10.6 Å². The SMILES string of the molecule is Cc1ccc(C=Nc2nc(-c3ccc(C4CCCCC4)cc3)cs2)cc1[N+](=O)[O-]. The van der Waals surface area contributed by atoms with Crippen molar-refractivity contribution < 1.29 is 4.92 Å². The number of nitro groups is 1. The number of aromatic nitrogens is 1. The van der Waals surface area contributed by atoms with E-state index in [-0.39, 0.29) is 10.6 Å². The number of hydrogen-bond donors (Lipinski definition) is 0. The van der Waals surface area contributed by atoms with E-state index in [4.69, 9.17) is 0 Å². The first-order valence-electron chi connectivity index (χ1n) is 9.95. The van der Waals surface area contributed by atoms with Gasteiger partial charge in [0.1, 0.15) is 0 Å². The molecule has 1 aliphatic carbocycles. The van der Waals surface area contributed by atoms with Crippen molar-refractivity contribution in [2.24, 2.45) is 4.99 Å². The highest BCUT2D eigenvalue weighted by Crippen LogP contribution is 2.34. The third-order valence-corrected chi connectivity index (χ3v) is 6.28. The molecule has 0 spiro atoms. The van der Waals surface area contributed by atoms with Crippen LogP contribution in [0.5, 0.6) is 0 Å². The summed E-state index contributed by atoms with van der Waals surface area (Å²) in [4.78, 5) is 19.7. The lowest BCUT2D eigenvalue weighted by atomic mass is 9.84. The molecular weight excluding hydrogens is 382 g/mol. The average Bonchev–Trinajstić information content (AvgIpc) is 3.23. The number of hydrogen-bond acceptors (Lipinski definition) is 5. The Morgan fingerprint density at radius 3 is 2.62 bits per heavy atom. The van der Waals surface area contributed by atoms with E-state index in [2.05, 4.69) is 34.2 Å². The van der Waals surface area contributed by atoms with Crippen LogP contribution in [0.1, 0.15) is 54.7 Å². The molecule has 1 fully saturated rings. The molecule has 0 bridgehead atoms. The molecule has 4 rings (SSSR count). The standard InChI is InChI=1S/C23H23N3O2S/c1-16-7-8-17(13-22(16)26(27)28)14-24-23-25-21(15-29-23)20-11-9-19(10-12-20)18-5-3-2-4-6-18/h7-15,18H,2-6H2,1H3. The van der Waals surface area contributed by atoms with Crippen LogP contribution in [0.4, 0.5) is 10.8 Å². The van der Waals surface area contributed by atoms with Crippen LogP contribution in [-0.2, 0) is 0 Å². The van der Waals surface area contributed by atoms with Crippen LogP contribution in [-0.4, -0.2) is 16.1 Å². The Hall–Kier alpha value is -2.86. The minimum absolute atomic E-state index is 0.104. The predicted molar refractivity (Wildman–Crippen MR) is 118 cm³/mol. The molecule has 0 radical (unpaired) electrons. The monoisotopic (exact) mass is 405 g/mol. The molecule has 0 atom stereocenters. The van der Waals surface area contributed by atoms with Crippen LogP contribution in [0.25, 0.3) is 11.3 Å². The average molecular weight is 406 g/mol. The summed E-state index contributed by atoms with van der Waals surface area (Å²) in [5, 5.41) is 13.7. The topological polar surface area (TPSA) is 68.4 Å². The highest BCUT2D eigenvalue weighted by molar-refractivity contribution is 7.13. The molecule has 1 heterocycles. The van der Waals surface area contributed by atoms with E-state index in [1.807, 2.05) is 11.4 Å². The zero-order chi connectivity index (χ0) is 20.2. The normalized spacial score (nSPS) is 15.1. The van der Waals surface area contributed by atoms with Gasteiger partial charge in [-0.3, -0.25) is 10.1 Å². The van der Waals surface area contributed by atoms with Crippen molar-refractivity contribution >= 4 is 28.4 Å². The van der Waals surface area contributed by atoms with E-state index >= 15 is 0 Å². The molecule has 2 aromatic carbocycles. The van der Waals surface area contributed by atoms with Gasteiger partial charge in [-0.15, -0.1) is 11.3 Å². The minimum atomic E-state index is -0.370. The highest BCUT2D eigenvalue weighted by atomic mass is 32.1. The zero-order valence-corrected chi connectivity index (χ0v) is 17.2. The third-order valence-electron chi connectivity index (χ3n) is 5.53. The molecule has 0 aliphatic heterocycles. The summed E-state index contributed by atoms with van der Waals surface area (Å²) < 4.78 is 0. The van der Waals surface area contributed by atoms with Crippen molar-refractivity contribution in [3.63, 3.8) is 0 Å². The smallest absolute Gasteiger partial charge is 0.258 e. The van der Waals surface area contributed by atoms with Gasteiger partial charge >= 0.3 is 0 Å². The Balaban J connectivity index is 1.47. The first-order valence-corrected chi connectivity index (χ1v) is 10.8. The Morgan fingerprint density at radius 2 is 1.90 bits per heavy atom. The van der Waals surface area contributed by atoms with Crippen molar-refractivity contribution in [2.75, 3.05) is 0 Å². The van der Waals surface area contributed by atoms with Gasteiger partial charge in [0.2, 0.25) is 5.13 Å². The largest absolute Gasteiger partial charge is 0.272 e. The summed E-state index contributed by atoms with van der Waals surface area (Å²) in [7, 11) is 0. The molecule has 148 valence electrons. The molecule has 1 saturated carbocycles. The van der Waals surface area contributed by atoms with Crippen LogP contribution in [0.2, 0.25) is 0 Å². The molecule has 1 aliphatic rings. The van der Waals surface area contributed by atoms with Gasteiger partial charge in [-0.2, -0.15) is 0 Å². The van der Waals surface area contributed by atoms with Crippen LogP contribution in [0.3, 0.4) is 0 Å². The second-order valence-corrected chi connectivity index (χ2v) is 8.37. The van der Waals surface area contributed by atoms with Gasteiger partial charge < -0.3 is 0 Å². The van der Waals surface area contributed by atoms with E-state index in [1.165, 1.54) is 55.1 Å². The Bertz CT molecular complexity index is 1030. The summed E-state index contributed by atoms with van der Waals surface area (Å²) >= 11 is 1.47. The predicted octanol–water partition coefficient (Wildman–Crippen LogP) is 6.83. The van der Waals surface area contributed by atoms with E-state index in [1.54, 1.807) is 19.2 Å². The van der Waals surface area contributed by atoms with Crippen LogP contribution >= 0.6 is 11.3 Å². The molecule has 0 N–H and O–H groups in total. The quantitative estimate of drug-likeness (QED) is 0.265. The first kappa shape index (κ1) is 19.5. The maximum Gasteiger partial charge on any atom is 0.272 e. The fourth-order valence-electron chi connectivity index (χ4n) is 3.85. The van der Waals surface area contributed by atoms with Crippen LogP contribution in [0, 0.1) is 17.0 Å². The fraction of sp³-hybridized carbons (Fsp3) is 0.304. The first-order chi connectivity index (χ1) is 14.1. The zero-order valence-electron chi connectivity index (χ0n) is 16.4. The highest BCUT2D eigenvalue weighted by Gasteiger charge is 2.15. The summed E-state index contributed by atoms with van der Waals surface area (Å²) in [5.74, 6) is 0.701. The van der Waals surface area contributed by atoms with Gasteiger partial charge in [0.15, 0.2) is 0 Å². The number of aliphatic imine (C=N–C) groups is 1. The molecule has 6 heteroatoms. The lowest BCUT2D eigenvalue weighted by Crippen LogP contribution is -2.04. The second kappa shape index (κ2) is 8.66. The molecule has 29 heavy (non-hydrogen) atoms. The lowest BCUT2D eigenvalue weighted by molar-refractivity contribution is -0.385. The molecule has 0 unspecified atom stereocenters. The third kappa shape index (κ3) is 4.59. The maximum atomic E-state index is 11.1. The Morgan fingerprint density at radius 1 is 1.14 bits per heavy atom. The summed E-state index contributed by atoms with van der Waals surface area (Å²) in [6.45, 7) is 1.73. The summed E-state index contributed by atoms with van der Waals surface area (Å²) in [5.41, 5.74) is 4.87. The van der Waals surface area contributed by atoms with Crippen molar-refractivity contribution in [2.45, 2.75) is 44.9 Å². The van der Waals surface area contributed by atoms with E-state index < -0.39 is 0 Å². The number of aryl methyl sites for hydroxylation is 1. The van der Waals surface area contributed by atoms with Crippen molar-refractivity contribution in [3.8, 4) is 11.3 Å². The van der Waals surface area contributed by atoms with Crippen LogP contribution < -0.4 is 0 Å². The Kier molecular flexibility index (Phi) is 5.81. The van der Waals surface area contributed by atoms with Crippen molar-refractivity contribution in [3.05, 3.63) is 74.6 Å². The summed E-state index contributed by atoms with van der Waals surface area (Å²) in [6.07, 6.45) is 8.26. The molecule has 0 amide bonds. The second-order valence-electron chi connectivity index (χ2n) is 7.53. The number of nitro benzene ring substituents is 1. The van der Waals surface area contributed by atoms with Crippen LogP contribution in [0.15, 0.2) is 52.8 Å². The number of rotatable bonds is 5. The van der Waals surface area contributed by atoms with Gasteiger partial charge in [-0.1, -0.05) is 55.7 Å². The molecule has 3 aromatic rings. The molecule has 5 nitrogen and oxygen atoms in total. The van der Waals surface area contributed by atoms with Crippen molar-refractivity contribution in [1.29, 1.82) is 0 Å². The molecular formula is C23H23N3O2S. The number of nitrogens with zero attached hydrogens (tertiary/aromatic N) is 3. The summed E-state index contributed by atoms with van der Waals surface area (Å²) in [6, 6.07) is 13.9. The Labute approximate surface area is 174 Å². The maximum absolute atomic E-state index is 11.1. The van der Waals surface area contributed by atoms with E-state index in [9.17, 15) is 10.1 Å². The van der Waals surface area contributed by atoms with Crippen molar-refractivity contribution in [1.82, 2.24) is 4.98 Å². The number of benzene rings is 2. The molecule has 1 aromatic heterocycles. The van der Waals surface area contributed by atoms with E-state index in [0.717, 1.165) is 11.3 Å². The van der Waals surface area contributed by atoms with Gasteiger partial charge in [-0.05, 0) is 36.8 Å².